The SMILES string of the molecule is C=CC(=C)[Si]C(C)OCC. The van der Waals surface area contributed by atoms with E-state index in [0.717, 1.165) is 11.8 Å². The third-order valence-electron chi connectivity index (χ3n) is 1.05. The summed E-state index contributed by atoms with van der Waals surface area (Å²) < 4.78 is 5.32. The molecule has 0 heterocycles. The van der Waals surface area contributed by atoms with Crippen LogP contribution in [0, 0.1) is 0 Å². The molecule has 0 N–H and O–H groups in total. The van der Waals surface area contributed by atoms with Crippen LogP contribution in [0.15, 0.2) is 24.4 Å². The van der Waals surface area contributed by atoms with Crippen LogP contribution in [0.3, 0.4) is 0 Å². The van der Waals surface area contributed by atoms with E-state index >= 15 is 0 Å². The van der Waals surface area contributed by atoms with Gasteiger partial charge in [-0.3, -0.25) is 0 Å². The second-order valence-corrected chi connectivity index (χ2v) is 3.72. The fourth-order valence-corrected chi connectivity index (χ4v) is 1.50. The van der Waals surface area contributed by atoms with Crippen LogP contribution < -0.4 is 0 Å². The Morgan fingerprint density at radius 3 is 2.80 bits per heavy atom. The van der Waals surface area contributed by atoms with E-state index in [1.807, 2.05) is 6.92 Å². The van der Waals surface area contributed by atoms with Crippen molar-refractivity contribution in [1.82, 2.24) is 0 Å². The monoisotopic (exact) mass is 154 g/mol. The average molecular weight is 154 g/mol. The third kappa shape index (κ3) is 4.53. The van der Waals surface area contributed by atoms with Crippen LogP contribution in [0.2, 0.25) is 0 Å². The van der Waals surface area contributed by atoms with Crippen LogP contribution in [0.25, 0.3) is 0 Å². The minimum Gasteiger partial charge on any atom is -0.382 e. The van der Waals surface area contributed by atoms with Gasteiger partial charge in [0.1, 0.15) is 9.52 Å². The van der Waals surface area contributed by atoms with E-state index in [9.17, 15) is 0 Å². The number of hydrogen-bond acceptors (Lipinski definition) is 1. The molecule has 0 bridgehead atoms. The number of allylic oxidation sites excluding steroid dienone is 2. The summed E-state index contributed by atoms with van der Waals surface area (Å²) in [7, 11) is 0.652. The summed E-state index contributed by atoms with van der Waals surface area (Å²) in [6.45, 7) is 12.3. The first-order valence-electron chi connectivity index (χ1n) is 3.40. The third-order valence-corrected chi connectivity index (χ3v) is 2.20. The van der Waals surface area contributed by atoms with Gasteiger partial charge in [0.2, 0.25) is 0 Å². The Labute approximate surface area is 65.6 Å². The highest BCUT2D eigenvalue weighted by Crippen LogP contribution is 1.95. The fraction of sp³-hybridized carbons (Fsp3) is 0.500. The smallest absolute Gasteiger partial charge is 0.117 e. The number of ether oxygens (including phenoxy) is 1. The van der Waals surface area contributed by atoms with Crippen molar-refractivity contribution in [2.45, 2.75) is 19.6 Å². The Morgan fingerprint density at radius 1 is 1.80 bits per heavy atom. The zero-order valence-electron chi connectivity index (χ0n) is 6.68. The van der Waals surface area contributed by atoms with Gasteiger partial charge in [-0.15, -0.1) is 6.58 Å². The molecule has 0 rings (SSSR count). The van der Waals surface area contributed by atoms with Crippen molar-refractivity contribution in [3.8, 4) is 0 Å². The van der Waals surface area contributed by atoms with Gasteiger partial charge in [0.05, 0.1) is 0 Å². The molecule has 1 unspecified atom stereocenters. The van der Waals surface area contributed by atoms with Crippen LogP contribution >= 0.6 is 0 Å². The zero-order chi connectivity index (χ0) is 7.98. The zero-order valence-corrected chi connectivity index (χ0v) is 7.68. The van der Waals surface area contributed by atoms with E-state index < -0.39 is 0 Å². The van der Waals surface area contributed by atoms with E-state index in [1.165, 1.54) is 0 Å². The Morgan fingerprint density at radius 2 is 2.40 bits per heavy atom. The molecule has 0 fully saturated rings. The molecule has 0 aliphatic rings. The highest BCUT2D eigenvalue weighted by molar-refractivity contribution is 6.47. The topological polar surface area (TPSA) is 9.23 Å². The first-order valence-corrected chi connectivity index (χ1v) is 4.48. The lowest BCUT2D eigenvalue weighted by atomic mass is 10.6. The van der Waals surface area contributed by atoms with Crippen molar-refractivity contribution in [1.29, 1.82) is 0 Å². The summed E-state index contributed by atoms with van der Waals surface area (Å²) in [6, 6.07) is 0. The lowest BCUT2D eigenvalue weighted by Crippen LogP contribution is -2.17. The molecule has 2 radical (unpaired) electrons. The van der Waals surface area contributed by atoms with Gasteiger partial charge in [-0.25, -0.2) is 0 Å². The Hall–Kier alpha value is -0.343. The molecule has 0 aliphatic heterocycles. The average Bonchev–Trinajstić information content (AvgIpc) is 1.88. The van der Waals surface area contributed by atoms with Gasteiger partial charge in [0, 0.05) is 12.3 Å². The summed E-state index contributed by atoms with van der Waals surface area (Å²) in [5, 5.41) is 1.07. The predicted octanol–water partition coefficient (Wildman–Crippen LogP) is 1.77. The highest BCUT2D eigenvalue weighted by Gasteiger charge is 2.01. The maximum Gasteiger partial charge on any atom is 0.117 e. The van der Waals surface area contributed by atoms with Crippen LogP contribution in [0.4, 0.5) is 0 Å². The Balaban J connectivity index is 3.46. The Kier molecular flexibility index (Phi) is 5.26. The van der Waals surface area contributed by atoms with E-state index in [0.29, 0.717) is 15.2 Å². The normalized spacial score (nSPS) is 12.6. The molecule has 1 atom stereocenters. The molecular formula is C8H14OSi. The van der Waals surface area contributed by atoms with Crippen molar-refractivity contribution in [2.75, 3.05) is 6.61 Å². The highest BCUT2D eigenvalue weighted by atomic mass is 28.2. The fourth-order valence-electron chi connectivity index (χ4n) is 0.612. The molecule has 0 aliphatic carbocycles. The first-order chi connectivity index (χ1) is 4.70. The largest absolute Gasteiger partial charge is 0.382 e. The first kappa shape index (κ1) is 9.66. The Bertz CT molecular complexity index is 120. The van der Waals surface area contributed by atoms with Gasteiger partial charge < -0.3 is 4.74 Å². The minimum atomic E-state index is 0.301. The lowest BCUT2D eigenvalue weighted by molar-refractivity contribution is 0.130. The maximum absolute atomic E-state index is 5.32. The molecule has 56 valence electrons. The van der Waals surface area contributed by atoms with Crippen molar-refractivity contribution in [3.05, 3.63) is 24.4 Å². The van der Waals surface area contributed by atoms with Crippen LogP contribution in [-0.2, 0) is 4.74 Å². The van der Waals surface area contributed by atoms with E-state index in [-0.39, 0.29) is 0 Å². The molecule has 0 amide bonds. The van der Waals surface area contributed by atoms with Crippen molar-refractivity contribution in [3.63, 3.8) is 0 Å². The van der Waals surface area contributed by atoms with Gasteiger partial charge in [0.25, 0.3) is 0 Å². The summed E-state index contributed by atoms with van der Waals surface area (Å²) >= 11 is 0. The number of hydrogen-bond donors (Lipinski definition) is 0. The summed E-state index contributed by atoms with van der Waals surface area (Å²) in [5.74, 6) is 0. The molecule has 0 aromatic carbocycles. The van der Waals surface area contributed by atoms with Gasteiger partial charge in [0.15, 0.2) is 0 Å². The summed E-state index contributed by atoms with van der Waals surface area (Å²) in [6.07, 6.45) is 1.79. The molecule has 0 saturated carbocycles. The molecule has 0 aromatic heterocycles. The molecular weight excluding hydrogens is 140 g/mol. The molecule has 1 nitrogen and oxygen atoms in total. The van der Waals surface area contributed by atoms with Gasteiger partial charge >= 0.3 is 0 Å². The predicted molar refractivity (Wildman–Crippen MR) is 46.2 cm³/mol. The van der Waals surface area contributed by atoms with E-state index in [2.05, 4.69) is 20.1 Å². The van der Waals surface area contributed by atoms with Crippen LogP contribution in [-0.4, -0.2) is 21.9 Å². The van der Waals surface area contributed by atoms with Crippen LogP contribution in [0.5, 0.6) is 0 Å². The van der Waals surface area contributed by atoms with Gasteiger partial charge in [-0.05, 0) is 13.8 Å². The van der Waals surface area contributed by atoms with Gasteiger partial charge in [-0.2, -0.15) is 0 Å². The van der Waals surface area contributed by atoms with Crippen LogP contribution in [0.1, 0.15) is 13.8 Å². The van der Waals surface area contributed by atoms with Crippen molar-refractivity contribution in [2.24, 2.45) is 0 Å². The molecule has 2 heteroatoms. The second-order valence-electron chi connectivity index (χ2n) is 1.97. The summed E-state index contributed by atoms with van der Waals surface area (Å²) in [4.78, 5) is 0. The quantitative estimate of drug-likeness (QED) is 0.433. The lowest BCUT2D eigenvalue weighted by Gasteiger charge is -2.09. The maximum atomic E-state index is 5.32. The second kappa shape index (κ2) is 5.44. The number of rotatable bonds is 5. The summed E-state index contributed by atoms with van der Waals surface area (Å²) in [5.41, 5.74) is 0.301. The van der Waals surface area contributed by atoms with E-state index in [4.69, 9.17) is 4.74 Å². The standard InChI is InChI=1S/C8H14OSi/c1-5-7(3)10-8(4)9-6-2/h5,8H,1,3,6H2,2,4H3. The van der Waals surface area contributed by atoms with Crippen molar-refractivity contribution >= 4 is 9.52 Å². The molecule has 0 spiro atoms. The molecule has 0 saturated heterocycles. The molecule has 10 heavy (non-hydrogen) atoms. The van der Waals surface area contributed by atoms with Crippen molar-refractivity contribution < 1.29 is 4.74 Å². The van der Waals surface area contributed by atoms with E-state index in [1.54, 1.807) is 6.08 Å². The minimum absolute atomic E-state index is 0.301. The molecule has 0 aromatic rings. The van der Waals surface area contributed by atoms with Gasteiger partial charge in [-0.1, -0.05) is 17.9 Å².